The van der Waals surface area contributed by atoms with Crippen molar-refractivity contribution in [3.05, 3.63) is 59.9 Å². The fourth-order valence-electron chi connectivity index (χ4n) is 2.69. The number of hydrogen-bond acceptors (Lipinski definition) is 6. The van der Waals surface area contributed by atoms with Gasteiger partial charge in [0.1, 0.15) is 4.90 Å². The Hall–Kier alpha value is -2.34. The summed E-state index contributed by atoms with van der Waals surface area (Å²) in [5, 5.41) is 2.64. The van der Waals surface area contributed by atoms with Crippen LogP contribution in [0.3, 0.4) is 0 Å². The molecule has 1 aromatic heterocycles. The molecule has 1 heterocycles. The molecule has 0 aliphatic carbocycles. The average Bonchev–Trinajstić information content (AvgIpc) is 2.66. The maximum atomic E-state index is 12.5. The highest BCUT2D eigenvalue weighted by Crippen LogP contribution is 2.14. The Morgan fingerprint density at radius 1 is 1.07 bits per heavy atom. The van der Waals surface area contributed by atoms with Gasteiger partial charge in [-0.15, -0.1) is 0 Å². The number of likely N-dealkylation sites (N-methyl/N-ethyl adjacent to an activating group) is 1. The van der Waals surface area contributed by atoms with Crippen molar-refractivity contribution in [1.29, 1.82) is 0 Å². The third-order valence-electron chi connectivity index (χ3n) is 4.06. The van der Waals surface area contributed by atoms with E-state index in [0.717, 1.165) is 4.31 Å². The van der Waals surface area contributed by atoms with Gasteiger partial charge < -0.3 is 5.32 Å². The smallest absolute Gasteiger partial charge is 0.244 e. The number of pyridine rings is 1. The van der Waals surface area contributed by atoms with Crippen molar-refractivity contribution in [3.8, 4) is 0 Å². The van der Waals surface area contributed by atoms with Gasteiger partial charge in [0.05, 0.1) is 12.3 Å². The minimum absolute atomic E-state index is 0.00601. The van der Waals surface area contributed by atoms with Crippen LogP contribution in [0.1, 0.15) is 25.0 Å². The summed E-state index contributed by atoms with van der Waals surface area (Å²) in [6.07, 6.45) is 2.67. The minimum Gasteiger partial charge on any atom is -0.351 e. The molecule has 0 unspecified atom stereocenters. The zero-order chi connectivity index (χ0) is 22.4. The molecule has 1 amide bonds. The molecular formula is C19H26N4O5S2. The van der Waals surface area contributed by atoms with Gasteiger partial charge in [-0.25, -0.2) is 21.6 Å². The first kappa shape index (κ1) is 23.9. The lowest BCUT2D eigenvalue weighted by atomic mass is 10.1. The van der Waals surface area contributed by atoms with Gasteiger partial charge in [0.15, 0.2) is 0 Å². The van der Waals surface area contributed by atoms with E-state index in [2.05, 4.69) is 15.0 Å². The van der Waals surface area contributed by atoms with Crippen LogP contribution >= 0.6 is 0 Å². The van der Waals surface area contributed by atoms with Gasteiger partial charge >= 0.3 is 0 Å². The molecule has 2 N–H and O–H groups in total. The number of carbonyl (C=O) groups is 1. The number of amides is 1. The SMILES string of the molecule is CC(C)NS(=O)(=O)Cc1ccccc1CNC(=O)CN(C)S(=O)(=O)c1cccnc1. The molecule has 30 heavy (non-hydrogen) atoms. The van der Waals surface area contributed by atoms with E-state index < -0.39 is 26.0 Å². The van der Waals surface area contributed by atoms with Crippen molar-refractivity contribution in [2.24, 2.45) is 0 Å². The van der Waals surface area contributed by atoms with E-state index in [1.165, 1.54) is 31.6 Å². The fraction of sp³-hybridized carbons (Fsp3) is 0.368. The predicted molar refractivity (Wildman–Crippen MR) is 113 cm³/mol. The van der Waals surface area contributed by atoms with E-state index in [0.29, 0.717) is 11.1 Å². The number of sulfonamides is 2. The maximum absolute atomic E-state index is 12.5. The summed E-state index contributed by atoms with van der Waals surface area (Å²) in [6.45, 7) is 3.17. The molecule has 2 rings (SSSR count). The lowest BCUT2D eigenvalue weighted by Gasteiger charge is -2.17. The first-order valence-electron chi connectivity index (χ1n) is 9.21. The van der Waals surface area contributed by atoms with Crippen LogP contribution in [-0.2, 0) is 37.1 Å². The Morgan fingerprint density at radius 3 is 2.33 bits per heavy atom. The van der Waals surface area contributed by atoms with E-state index in [-0.39, 0.29) is 29.8 Å². The molecule has 164 valence electrons. The van der Waals surface area contributed by atoms with Crippen molar-refractivity contribution >= 4 is 26.0 Å². The molecule has 0 fully saturated rings. The zero-order valence-electron chi connectivity index (χ0n) is 17.1. The lowest BCUT2D eigenvalue weighted by molar-refractivity contribution is -0.121. The molecule has 0 aliphatic rings. The van der Waals surface area contributed by atoms with Gasteiger partial charge in [-0.3, -0.25) is 9.78 Å². The second kappa shape index (κ2) is 10.1. The number of nitrogens with one attached hydrogen (secondary N) is 2. The molecule has 0 spiro atoms. The summed E-state index contributed by atoms with van der Waals surface area (Å²) < 4.78 is 52.8. The molecular weight excluding hydrogens is 428 g/mol. The van der Waals surface area contributed by atoms with Gasteiger partial charge in [-0.2, -0.15) is 4.31 Å². The standard InChI is InChI=1S/C19H26N4O5S2/c1-15(2)22-29(25,26)14-17-8-5-4-7-16(17)11-21-19(24)13-23(3)30(27,28)18-9-6-10-20-12-18/h4-10,12,15,22H,11,13-14H2,1-3H3,(H,21,24). The highest BCUT2D eigenvalue weighted by molar-refractivity contribution is 7.89. The summed E-state index contributed by atoms with van der Waals surface area (Å²) in [7, 11) is -6.05. The van der Waals surface area contributed by atoms with E-state index in [1.807, 2.05) is 0 Å². The van der Waals surface area contributed by atoms with Crippen LogP contribution in [0, 0.1) is 0 Å². The topological polar surface area (TPSA) is 126 Å². The van der Waals surface area contributed by atoms with Crippen molar-refractivity contribution in [3.63, 3.8) is 0 Å². The zero-order valence-corrected chi connectivity index (χ0v) is 18.7. The molecule has 0 bridgehead atoms. The number of hydrogen-bond donors (Lipinski definition) is 2. The summed E-state index contributed by atoms with van der Waals surface area (Å²) in [5.74, 6) is -0.727. The molecule has 2 aromatic rings. The van der Waals surface area contributed by atoms with Gasteiger partial charge in [0.2, 0.25) is 26.0 Å². The molecule has 11 heteroatoms. The van der Waals surface area contributed by atoms with Gasteiger partial charge in [0, 0.05) is 32.0 Å². The number of rotatable bonds is 10. The first-order chi connectivity index (χ1) is 14.0. The van der Waals surface area contributed by atoms with Crippen LogP contribution in [-0.4, -0.2) is 51.7 Å². The summed E-state index contributed by atoms with van der Waals surface area (Å²) in [4.78, 5) is 16.1. The van der Waals surface area contributed by atoms with Crippen LogP contribution in [0.4, 0.5) is 0 Å². The Morgan fingerprint density at radius 2 is 1.73 bits per heavy atom. The normalized spacial score (nSPS) is 12.3. The van der Waals surface area contributed by atoms with Crippen LogP contribution < -0.4 is 10.0 Å². The second-order valence-electron chi connectivity index (χ2n) is 7.03. The maximum Gasteiger partial charge on any atom is 0.244 e. The lowest BCUT2D eigenvalue weighted by Crippen LogP contribution is -2.38. The van der Waals surface area contributed by atoms with Crippen LogP contribution in [0.15, 0.2) is 53.7 Å². The Labute approximate surface area is 177 Å². The molecule has 9 nitrogen and oxygen atoms in total. The summed E-state index contributed by atoms with van der Waals surface area (Å²) in [5.41, 5.74) is 1.19. The Balaban J connectivity index is 2.02. The number of nitrogens with zero attached hydrogens (tertiary/aromatic N) is 2. The van der Waals surface area contributed by atoms with E-state index in [4.69, 9.17) is 0 Å². The van der Waals surface area contributed by atoms with E-state index in [1.54, 1.807) is 38.1 Å². The van der Waals surface area contributed by atoms with Crippen molar-refractivity contribution in [2.75, 3.05) is 13.6 Å². The highest BCUT2D eigenvalue weighted by atomic mass is 32.2. The van der Waals surface area contributed by atoms with Crippen LogP contribution in [0.5, 0.6) is 0 Å². The third-order valence-corrected chi connectivity index (χ3v) is 7.37. The second-order valence-corrected chi connectivity index (χ2v) is 10.8. The third kappa shape index (κ3) is 6.87. The molecule has 0 atom stereocenters. The van der Waals surface area contributed by atoms with Crippen LogP contribution in [0.25, 0.3) is 0 Å². The van der Waals surface area contributed by atoms with Crippen molar-refractivity contribution in [1.82, 2.24) is 19.3 Å². The molecule has 1 aromatic carbocycles. The number of benzene rings is 1. The quantitative estimate of drug-likeness (QED) is 0.548. The molecule has 0 radical (unpaired) electrons. The predicted octanol–water partition coefficient (Wildman–Crippen LogP) is 0.846. The Kier molecular flexibility index (Phi) is 8.07. The highest BCUT2D eigenvalue weighted by Gasteiger charge is 2.23. The average molecular weight is 455 g/mol. The Bertz CT molecular complexity index is 1070. The molecule has 0 aliphatic heterocycles. The molecule has 0 saturated heterocycles. The van der Waals surface area contributed by atoms with Gasteiger partial charge in [-0.1, -0.05) is 24.3 Å². The summed E-state index contributed by atoms with van der Waals surface area (Å²) in [6, 6.07) is 9.54. The van der Waals surface area contributed by atoms with Crippen LogP contribution in [0.2, 0.25) is 0 Å². The fourth-order valence-corrected chi connectivity index (χ4v) is 5.28. The van der Waals surface area contributed by atoms with E-state index >= 15 is 0 Å². The number of carbonyl (C=O) groups excluding carboxylic acids is 1. The largest absolute Gasteiger partial charge is 0.351 e. The van der Waals surface area contributed by atoms with Crippen molar-refractivity contribution in [2.45, 2.75) is 37.1 Å². The number of aromatic nitrogens is 1. The monoisotopic (exact) mass is 454 g/mol. The first-order valence-corrected chi connectivity index (χ1v) is 12.3. The van der Waals surface area contributed by atoms with Crippen molar-refractivity contribution < 1.29 is 21.6 Å². The van der Waals surface area contributed by atoms with Gasteiger partial charge in [0.25, 0.3) is 0 Å². The molecule has 0 saturated carbocycles. The minimum atomic E-state index is -3.84. The van der Waals surface area contributed by atoms with Gasteiger partial charge in [-0.05, 0) is 37.1 Å². The summed E-state index contributed by atoms with van der Waals surface area (Å²) >= 11 is 0. The van der Waals surface area contributed by atoms with E-state index in [9.17, 15) is 21.6 Å².